The van der Waals surface area contributed by atoms with Crippen LogP contribution in [0.3, 0.4) is 0 Å². The number of nitrogens with one attached hydrogen (secondary N) is 1. The number of likely N-dealkylation sites (N-methyl/N-ethyl adjacent to an activating group) is 1. The molecule has 0 spiro atoms. The fourth-order valence-electron chi connectivity index (χ4n) is 2.57. The van der Waals surface area contributed by atoms with Gasteiger partial charge in [0.15, 0.2) is 17.1 Å². The molecule has 0 aromatic carbocycles. The number of amides is 1. The van der Waals surface area contributed by atoms with E-state index in [0.717, 1.165) is 30.3 Å². The second-order valence-corrected chi connectivity index (χ2v) is 5.64. The average Bonchev–Trinajstić information content (AvgIpc) is 3.26. The van der Waals surface area contributed by atoms with Crippen molar-refractivity contribution in [2.75, 3.05) is 20.1 Å². The highest BCUT2D eigenvalue weighted by atomic mass is 19.4. The van der Waals surface area contributed by atoms with Crippen LogP contribution in [0.5, 0.6) is 0 Å². The molecule has 1 aliphatic rings. The van der Waals surface area contributed by atoms with Gasteiger partial charge in [-0.3, -0.25) is 9.48 Å². The van der Waals surface area contributed by atoms with Gasteiger partial charge in [0.05, 0.1) is 0 Å². The van der Waals surface area contributed by atoms with Crippen molar-refractivity contribution in [3.8, 4) is 0 Å². The van der Waals surface area contributed by atoms with E-state index in [0.29, 0.717) is 0 Å². The lowest BCUT2D eigenvalue weighted by molar-refractivity contribution is -0.141. The Bertz CT molecular complexity index is 718. The van der Waals surface area contributed by atoms with Crippen molar-refractivity contribution in [3.05, 3.63) is 35.5 Å². The summed E-state index contributed by atoms with van der Waals surface area (Å²) in [5.74, 6) is -0.0248. The Kier molecular flexibility index (Phi) is 4.31. The number of hydrogen-bond acceptors (Lipinski definition) is 5. The minimum Gasteiger partial charge on any atom is -0.359 e. The zero-order chi connectivity index (χ0) is 17.3. The number of hydrogen-bond donors (Lipinski definition) is 1. The van der Waals surface area contributed by atoms with Gasteiger partial charge in [-0.25, -0.2) is 0 Å². The highest BCUT2D eigenvalue weighted by molar-refractivity contribution is 5.92. The van der Waals surface area contributed by atoms with E-state index in [4.69, 9.17) is 4.52 Å². The molecular weight excluding hydrogens is 327 g/mol. The van der Waals surface area contributed by atoms with Crippen molar-refractivity contribution in [3.63, 3.8) is 0 Å². The van der Waals surface area contributed by atoms with Crippen LogP contribution in [0, 0.1) is 0 Å². The van der Waals surface area contributed by atoms with Gasteiger partial charge in [0.25, 0.3) is 5.91 Å². The van der Waals surface area contributed by atoms with Crippen molar-refractivity contribution in [1.82, 2.24) is 25.2 Å². The molecule has 2 aromatic rings. The van der Waals surface area contributed by atoms with E-state index < -0.39 is 11.9 Å². The molecule has 1 aliphatic heterocycles. The van der Waals surface area contributed by atoms with Crippen molar-refractivity contribution >= 4 is 5.91 Å². The van der Waals surface area contributed by atoms with Gasteiger partial charge in [-0.05, 0) is 19.0 Å². The third-order valence-corrected chi connectivity index (χ3v) is 3.93. The van der Waals surface area contributed by atoms with Crippen LogP contribution in [-0.4, -0.2) is 51.9 Å². The van der Waals surface area contributed by atoms with Crippen molar-refractivity contribution in [1.29, 1.82) is 0 Å². The summed E-state index contributed by atoms with van der Waals surface area (Å²) in [5, 5.41) is 10.3. The van der Waals surface area contributed by atoms with Gasteiger partial charge in [-0.2, -0.15) is 18.3 Å². The first-order valence-corrected chi connectivity index (χ1v) is 7.38. The van der Waals surface area contributed by atoms with Gasteiger partial charge in [0.2, 0.25) is 0 Å². The standard InChI is InChI=1S/C14H16F3N5O2/c1-21(9-2-4-18-7-9)13(23)11-6-10(24-20-11)8-22-5-3-12(19-22)14(15,16)17/h3,5-6,9,18H,2,4,7-8H2,1H3/t9-/m1/s1. The summed E-state index contributed by atoms with van der Waals surface area (Å²) < 4.78 is 43.7. The fraction of sp³-hybridized carbons (Fsp3) is 0.500. The summed E-state index contributed by atoms with van der Waals surface area (Å²) in [7, 11) is 1.69. The van der Waals surface area contributed by atoms with Crippen LogP contribution < -0.4 is 5.32 Å². The van der Waals surface area contributed by atoms with Gasteiger partial charge in [0.1, 0.15) is 6.54 Å². The monoisotopic (exact) mass is 343 g/mol. The fourth-order valence-corrected chi connectivity index (χ4v) is 2.57. The highest BCUT2D eigenvalue weighted by Gasteiger charge is 2.33. The first-order valence-electron chi connectivity index (χ1n) is 7.38. The molecule has 0 bridgehead atoms. The smallest absolute Gasteiger partial charge is 0.359 e. The molecule has 1 fully saturated rings. The maximum atomic E-state index is 12.5. The maximum absolute atomic E-state index is 12.5. The van der Waals surface area contributed by atoms with Gasteiger partial charge >= 0.3 is 6.18 Å². The Morgan fingerprint density at radius 1 is 1.54 bits per heavy atom. The zero-order valence-corrected chi connectivity index (χ0v) is 12.9. The van der Waals surface area contributed by atoms with E-state index >= 15 is 0 Å². The van der Waals surface area contributed by atoms with Gasteiger partial charge in [-0.15, -0.1) is 0 Å². The van der Waals surface area contributed by atoms with Crippen molar-refractivity contribution < 1.29 is 22.5 Å². The molecule has 130 valence electrons. The van der Waals surface area contributed by atoms with Crippen LogP contribution in [0.4, 0.5) is 13.2 Å². The van der Waals surface area contributed by atoms with Crippen LogP contribution in [0.15, 0.2) is 22.9 Å². The quantitative estimate of drug-likeness (QED) is 0.907. The molecule has 3 rings (SSSR count). The molecule has 0 aliphatic carbocycles. The SMILES string of the molecule is CN(C(=O)c1cc(Cn2ccc(C(F)(F)F)n2)on1)[C@@H]1CCNC1. The first-order chi connectivity index (χ1) is 11.3. The van der Waals surface area contributed by atoms with E-state index in [-0.39, 0.29) is 29.9 Å². The Hall–Kier alpha value is -2.36. The van der Waals surface area contributed by atoms with Crippen LogP contribution in [0.2, 0.25) is 0 Å². The summed E-state index contributed by atoms with van der Waals surface area (Å²) in [4.78, 5) is 13.9. The number of carbonyl (C=O) groups excluding carboxylic acids is 1. The van der Waals surface area contributed by atoms with Gasteiger partial charge in [-0.1, -0.05) is 5.16 Å². The predicted molar refractivity (Wildman–Crippen MR) is 76.2 cm³/mol. The number of aromatic nitrogens is 3. The Labute approximate surface area is 135 Å². The zero-order valence-electron chi connectivity index (χ0n) is 12.9. The lowest BCUT2D eigenvalue weighted by Crippen LogP contribution is -2.38. The normalized spacial score (nSPS) is 18.1. The third kappa shape index (κ3) is 3.42. The van der Waals surface area contributed by atoms with Crippen LogP contribution in [0.1, 0.15) is 28.4 Å². The van der Waals surface area contributed by atoms with Crippen molar-refractivity contribution in [2.24, 2.45) is 0 Å². The molecule has 0 unspecified atom stereocenters. The lowest BCUT2D eigenvalue weighted by atomic mass is 10.2. The molecule has 0 saturated carbocycles. The van der Waals surface area contributed by atoms with E-state index in [1.165, 1.54) is 12.3 Å². The number of rotatable bonds is 4. The molecule has 1 atom stereocenters. The molecule has 1 N–H and O–H groups in total. The molecule has 3 heterocycles. The van der Waals surface area contributed by atoms with Crippen LogP contribution >= 0.6 is 0 Å². The average molecular weight is 343 g/mol. The van der Waals surface area contributed by atoms with E-state index in [1.54, 1.807) is 11.9 Å². The number of alkyl halides is 3. The largest absolute Gasteiger partial charge is 0.435 e. The summed E-state index contributed by atoms with van der Waals surface area (Å²) in [6.45, 7) is 1.54. The molecule has 1 saturated heterocycles. The van der Waals surface area contributed by atoms with Gasteiger partial charge in [0, 0.05) is 31.9 Å². The summed E-state index contributed by atoms with van der Waals surface area (Å²) in [5.41, 5.74) is -0.852. The van der Waals surface area contributed by atoms with Gasteiger partial charge < -0.3 is 14.7 Å². The van der Waals surface area contributed by atoms with Crippen molar-refractivity contribution in [2.45, 2.75) is 25.2 Å². The van der Waals surface area contributed by atoms with Crippen LogP contribution in [-0.2, 0) is 12.7 Å². The molecule has 10 heteroatoms. The lowest BCUT2D eigenvalue weighted by Gasteiger charge is -2.22. The molecular formula is C14H16F3N5O2. The molecule has 0 radical (unpaired) electrons. The second kappa shape index (κ2) is 6.27. The van der Waals surface area contributed by atoms with Crippen LogP contribution in [0.25, 0.3) is 0 Å². The summed E-state index contributed by atoms with van der Waals surface area (Å²) in [6, 6.07) is 2.40. The Balaban J connectivity index is 1.67. The second-order valence-electron chi connectivity index (χ2n) is 5.64. The Morgan fingerprint density at radius 3 is 2.96 bits per heavy atom. The van der Waals surface area contributed by atoms with E-state index in [2.05, 4.69) is 15.6 Å². The molecule has 2 aromatic heterocycles. The molecule has 7 nitrogen and oxygen atoms in total. The maximum Gasteiger partial charge on any atom is 0.435 e. The number of nitrogens with zero attached hydrogens (tertiary/aromatic N) is 4. The minimum absolute atomic E-state index is 0.0366. The summed E-state index contributed by atoms with van der Waals surface area (Å²) >= 11 is 0. The Morgan fingerprint density at radius 2 is 2.33 bits per heavy atom. The number of carbonyl (C=O) groups is 1. The van der Waals surface area contributed by atoms with E-state index in [1.807, 2.05) is 0 Å². The van der Waals surface area contributed by atoms with E-state index in [9.17, 15) is 18.0 Å². The summed E-state index contributed by atoms with van der Waals surface area (Å²) in [6.07, 6.45) is -2.44. The first kappa shape index (κ1) is 16.5. The predicted octanol–water partition coefficient (Wildman–Crippen LogP) is 1.37. The third-order valence-electron chi connectivity index (χ3n) is 3.93. The highest BCUT2D eigenvalue weighted by Crippen LogP contribution is 2.27. The topological polar surface area (TPSA) is 76.2 Å². The molecule has 1 amide bonds. The number of halogens is 3. The minimum atomic E-state index is -4.49. The molecule has 24 heavy (non-hydrogen) atoms.